The predicted octanol–water partition coefficient (Wildman–Crippen LogP) is 6.93. The number of para-hydroxylation sites is 1. The summed E-state index contributed by atoms with van der Waals surface area (Å²) in [7, 11) is 0. The summed E-state index contributed by atoms with van der Waals surface area (Å²) >= 11 is 6.15. The van der Waals surface area contributed by atoms with Gasteiger partial charge in [-0.25, -0.2) is 18.8 Å². The van der Waals surface area contributed by atoms with Gasteiger partial charge in [0.15, 0.2) is 11.6 Å². The summed E-state index contributed by atoms with van der Waals surface area (Å²) in [5.74, 6) is -1.75. The zero-order valence-corrected chi connectivity index (χ0v) is 35.6. The molecule has 6 N–H and O–H groups in total. The molecule has 8 rings (SSSR count). The van der Waals surface area contributed by atoms with Gasteiger partial charge in [-0.3, -0.25) is 34.8 Å². The van der Waals surface area contributed by atoms with Crippen LogP contribution < -0.4 is 36.9 Å². The van der Waals surface area contributed by atoms with Gasteiger partial charge in [-0.2, -0.15) is 4.98 Å². The van der Waals surface area contributed by atoms with Gasteiger partial charge in [-0.15, -0.1) is 0 Å². The van der Waals surface area contributed by atoms with Gasteiger partial charge >= 0.3 is 0 Å². The molecule has 0 saturated carbocycles. The molecule has 0 aliphatic carbocycles. The normalized spacial score (nSPS) is 17.4. The maximum absolute atomic E-state index is 15.0. The second-order valence-corrected chi connectivity index (χ2v) is 16.4. The molecular weight excluding hydrogens is 844 g/mol. The molecule has 1 atom stereocenters. The molecule has 0 unspecified atom stereocenters. The van der Waals surface area contributed by atoms with Crippen molar-refractivity contribution in [2.75, 3.05) is 72.0 Å². The summed E-state index contributed by atoms with van der Waals surface area (Å²) in [4.78, 5) is 62.3. The molecule has 64 heavy (non-hydrogen) atoms. The van der Waals surface area contributed by atoms with E-state index in [1.165, 1.54) is 6.07 Å². The Hall–Kier alpha value is -6.69. The predicted molar refractivity (Wildman–Crippen MR) is 242 cm³/mol. The van der Waals surface area contributed by atoms with Crippen molar-refractivity contribution < 1.29 is 28.0 Å². The van der Waals surface area contributed by atoms with E-state index >= 15 is 4.39 Å². The van der Waals surface area contributed by atoms with Crippen LogP contribution in [-0.4, -0.2) is 95.4 Å². The van der Waals surface area contributed by atoms with Gasteiger partial charge < -0.3 is 26.2 Å². The van der Waals surface area contributed by atoms with E-state index in [1.54, 1.807) is 78.9 Å². The summed E-state index contributed by atoms with van der Waals surface area (Å²) in [6.45, 7) is 5.82. The van der Waals surface area contributed by atoms with E-state index in [4.69, 9.17) is 11.6 Å². The Balaban J connectivity index is 0.736. The zero-order valence-electron chi connectivity index (χ0n) is 34.9. The molecule has 0 bridgehead atoms. The van der Waals surface area contributed by atoms with Gasteiger partial charge in [0.2, 0.25) is 17.8 Å². The van der Waals surface area contributed by atoms with E-state index < -0.39 is 23.6 Å². The van der Waals surface area contributed by atoms with E-state index in [2.05, 4.69) is 51.8 Å². The van der Waals surface area contributed by atoms with Crippen molar-refractivity contribution in [2.45, 2.75) is 38.1 Å². The maximum atomic E-state index is 15.0. The minimum Gasteiger partial charge on any atom is -0.371 e. The monoisotopic (exact) mass is 891 g/mol. The molecule has 18 heteroatoms. The molecule has 332 valence electrons. The first-order chi connectivity index (χ1) is 31.0. The molecular formula is C46H48ClF2N11O4. The van der Waals surface area contributed by atoms with Crippen LogP contribution in [0.15, 0.2) is 97.2 Å². The second kappa shape index (κ2) is 20.2. The fourth-order valence-electron chi connectivity index (χ4n) is 7.92. The number of nitrogens with one attached hydrogen (secondary N) is 6. The van der Waals surface area contributed by atoms with Crippen LogP contribution in [0.25, 0.3) is 0 Å². The minimum absolute atomic E-state index is 0.0636. The number of hydrazine groups is 1. The number of nitrogens with zero attached hydrogens (tertiary/aromatic N) is 5. The molecule has 3 aliphatic heterocycles. The highest BCUT2D eigenvalue weighted by molar-refractivity contribution is 6.33. The highest BCUT2D eigenvalue weighted by atomic mass is 35.5. The summed E-state index contributed by atoms with van der Waals surface area (Å²) in [5.41, 5.74) is 6.57. The lowest BCUT2D eigenvalue weighted by Crippen LogP contribution is -2.48. The van der Waals surface area contributed by atoms with Gasteiger partial charge in [0.05, 0.1) is 22.6 Å². The summed E-state index contributed by atoms with van der Waals surface area (Å²) in [6.07, 6.45) is 4.63. The van der Waals surface area contributed by atoms with Crippen molar-refractivity contribution in [3.05, 3.63) is 125 Å². The standard InChI is InChI=1S/C46H48ClF2N11O4/c47-35-3-1-2-4-38(35)54-43(62)30-5-9-32(10-6-30)51-42-37(49)28-50-46(56-42)52-33-11-7-31(8-12-33)44(63)57-60-21-18-29(19-22-60)17-20-58-23-25-59(26-24-58)34-13-14-39(36(48)27-34)53-40-15-16-41(61)55-45(40)64/h1-14,27-29,40,53H,15-26H2,(H,54,62)(H,57,63)(H,55,61,64)(H2,50,51,52,56)/t40-/m0/s1. The van der Waals surface area contributed by atoms with Crippen LogP contribution in [0.1, 0.15) is 52.8 Å². The Morgan fingerprint density at radius 2 is 1.45 bits per heavy atom. The number of carbonyl (C=O) groups is 4. The third-order valence-electron chi connectivity index (χ3n) is 11.7. The molecule has 15 nitrogen and oxygen atoms in total. The Kier molecular flexibility index (Phi) is 13.9. The van der Waals surface area contributed by atoms with E-state index in [9.17, 15) is 23.6 Å². The third kappa shape index (κ3) is 11.3. The summed E-state index contributed by atoms with van der Waals surface area (Å²) in [6, 6.07) is 24.6. The van der Waals surface area contributed by atoms with Crippen LogP contribution in [0.5, 0.6) is 0 Å². The van der Waals surface area contributed by atoms with Gasteiger partial charge in [0.25, 0.3) is 11.8 Å². The molecule has 4 heterocycles. The first kappa shape index (κ1) is 43.9. The number of anilines is 7. The largest absolute Gasteiger partial charge is 0.371 e. The smallest absolute Gasteiger partial charge is 0.265 e. The first-order valence-corrected chi connectivity index (χ1v) is 21.7. The highest BCUT2D eigenvalue weighted by Gasteiger charge is 2.28. The average Bonchev–Trinajstić information content (AvgIpc) is 3.30. The lowest BCUT2D eigenvalue weighted by atomic mass is 9.94. The molecule has 4 amide bonds. The molecule has 4 aromatic carbocycles. The number of aromatic nitrogens is 2. The maximum Gasteiger partial charge on any atom is 0.265 e. The van der Waals surface area contributed by atoms with Crippen molar-refractivity contribution >= 4 is 75.4 Å². The lowest BCUT2D eigenvalue weighted by molar-refractivity contribution is -0.133. The van der Waals surface area contributed by atoms with E-state index in [0.717, 1.165) is 77.0 Å². The minimum atomic E-state index is -0.666. The number of rotatable bonds is 14. The van der Waals surface area contributed by atoms with Crippen LogP contribution in [-0.2, 0) is 9.59 Å². The van der Waals surface area contributed by atoms with Crippen molar-refractivity contribution in [1.29, 1.82) is 0 Å². The van der Waals surface area contributed by atoms with Crippen molar-refractivity contribution in [2.24, 2.45) is 5.92 Å². The summed E-state index contributed by atoms with van der Waals surface area (Å²) in [5, 5.41) is 16.4. The lowest BCUT2D eigenvalue weighted by Gasteiger charge is -2.37. The number of hydrogen-bond acceptors (Lipinski definition) is 12. The number of halogens is 3. The van der Waals surface area contributed by atoms with Crippen LogP contribution in [0.4, 0.5) is 49.0 Å². The van der Waals surface area contributed by atoms with Crippen molar-refractivity contribution in [3.8, 4) is 0 Å². The zero-order chi connectivity index (χ0) is 44.6. The number of benzene rings is 4. The molecule has 3 saturated heterocycles. The SMILES string of the molecule is O=C1CC[C@H](Nc2ccc(N3CCN(CCC4CCN(NC(=O)c5ccc(Nc6ncc(F)c(Nc7ccc(C(=O)Nc8ccccc8Cl)cc7)n6)cc5)CC4)CC3)cc2F)C(=O)N1. The Bertz CT molecular complexity index is 2480. The Morgan fingerprint density at radius 1 is 0.766 bits per heavy atom. The number of piperidine rings is 2. The molecule has 0 radical (unpaired) electrons. The number of piperazine rings is 1. The number of carbonyl (C=O) groups excluding carboxylic acids is 4. The van der Waals surface area contributed by atoms with Gasteiger partial charge in [0.1, 0.15) is 11.9 Å². The van der Waals surface area contributed by atoms with E-state index in [1.807, 2.05) is 11.1 Å². The number of hydrogen-bond donors (Lipinski definition) is 6. The van der Waals surface area contributed by atoms with Crippen LogP contribution in [0.3, 0.4) is 0 Å². The van der Waals surface area contributed by atoms with Crippen LogP contribution in [0.2, 0.25) is 5.02 Å². The van der Waals surface area contributed by atoms with Crippen molar-refractivity contribution in [3.63, 3.8) is 0 Å². The molecule has 3 fully saturated rings. The van der Waals surface area contributed by atoms with Gasteiger partial charge in [-0.1, -0.05) is 23.7 Å². The average molecular weight is 892 g/mol. The molecule has 0 spiro atoms. The molecule has 1 aromatic heterocycles. The van der Waals surface area contributed by atoms with Gasteiger partial charge in [0, 0.05) is 73.9 Å². The van der Waals surface area contributed by atoms with E-state index in [-0.39, 0.29) is 41.6 Å². The van der Waals surface area contributed by atoms with Crippen molar-refractivity contribution in [1.82, 2.24) is 30.6 Å². The topological polar surface area (TPSA) is 176 Å². The van der Waals surface area contributed by atoms with E-state index in [0.29, 0.717) is 45.6 Å². The van der Waals surface area contributed by atoms with Crippen LogP contribution >= 0.6 is 11.6 Å². The highest BCUT2D eigenvalue weighted by Crippen LogP contribution is 2.27. The second-order valence-electron chi connectivity index (χ2n) is 16.0. The van der Waals surface area contributed by atoms with Crippen LogP contribution in [0, 0.1) is 17.6 Å². The third-order valence-corrected chi connectivity index (χ3v) is 12.0. The molecule has 3 aliphatic rings. The first-order valence-electron chi connectivity index (χ1n) is 21.3. The fourth-order valence-corrected chi connectivity index (χ4v) is 8.10. The fraction of sp³-hybridized carbons (Fsp3) is 0.304. The summed E-state index contributed by atoms with van der Waals surface area (Å²) < 4.78 is 29.7. The Morgan fingerprint density at radius 3 is 2.14 bits per heavy atom. The van der Waals surface area contributed by atoms with Gasteiger partial charge in [-0.05, 0) is 117 Å². The number of amides is 4. The number of imide groups is 1. The quantitative estimate of drug-likeness (QED) is 0.0636. The Labute approximate surface area is 373 Å². The molecule has 5 aromatic rings.